The van der Waals surface area contributed by atoms with E-state index in [4.69, 9.17) is 17.3 Å². The zero-order chi connectivity index (χ0) is 11.5. The van der Waals surface area contributed by atoms with E-state index in [9.17, 15) is 0 Å². The molecule has 0 amide bonds. The van der Waals surface area contributed by atoms with Crippen molar-refractivity contribution in [1.29, 1.82) is 0 Å². The molecule has 0 radical (unpaired) electrons. The van der Waals surface area contributed by atoms with Crippen LogP contribution in [0.3, 0.4) is 0 Å². The van der Waals surface area contributed by atoms with Gasteiger partial charge in [0.1, 0.15) is 0 Å². The van der Waals surface area contributed by atoms with Crippen molar-refractivity contribution >= 4 is 17.3 Å². The molecule has 16 heavy (non-hydrogen) atoms. The molecule has 1 aliphatic carbocycles. The van der Waals surface area contributed by atoms with E-state index in [0.717, 1.165) is 35.4 Å². The number of anilines is 1. The van der Waals surface area contributed by atoms with Gasteiger partial charge in [-0.25, -0.2) is 0 Å². The van der Waals surface area contributed by atoms with E-state index >= 15 is 0 Å². The van der Waals surface area contributed by atoms with Crippen molar-refractivity contribution in [3.8, 4) is 0 Å². The zero-order valence-corrected chi connectivity index (χ0v) is 10.5. The Morgan fingerprint density at radius 2 is 2.19 bits per heavy atom. The molecule has 1 aromatic rings. The first kappa shape index (κ1) is 11.7. The van der Waals surface area contributed by atoms with Crippen LogP contribution >= 0.6 is 11.6 Å². The molecule has 0 spiro atoms. The van der Waals surface area contributed by atoms with Crippen molar-refractivity contribution in [3.05, 3.63) is 28.8 Å². The zero-order valence-electron chi connectivity index (χ0n) is 9.75. The molecule has 0 saturated heterocycles. The Morgan fingerprint density at radius 3 is 2.75 bits per heavy atom. The van der Waals surface area contributed by atoms with Crippen LogP contribution in [-0.2, 0) is 6.54 Å². The third-order valence-corrected chi connectivity index (χ3v) is 3.44. The Balaban J connectivity index is 2.11. The van der Waals surface area contributed by atoms with Crippen LogP contribution in [0.2, 0.25) is 5.02 Å². The average molecular weight is 239 g/mol. The average Bonchev–Trinajstić information content (AvgIpc) is 3.06. The predicted molar refractivity (Wildman–Crippen MR) is 69.6 cm³/mol. The van der Waals surface area contributed by atoms with Crippen molar-refractivity contribution in [1.82, 2.24) is 4.90 Å². The van der Waals surface area contributed by atoms with E-state index in [1.165, 1.54) is 19.3 Å². The third kappa shape index (κ3) is 2.69. The molecule has 88 valence electrons. The van der Waals surface area contributed by atoms with Gasteiger partial charge < -0.3 is 5.73 Å². The SMILES string of the molecule is CCCN(Cc1c(N)cccc1Cl)C1CC1. The summed E-state index contributed by atoms with van der Waals surface area (Å²) in [4.78, 5) is 2.50. The summed E-state index contributed by atoms with van der Waals surface area (Å²) in [5, 5.41) is 0.793. The van der Waals surface area contributed by atoms with Gasteiger partial charge in [-0.2, -0.15) is 0 Å². The van der Waals surface area contributed by atoms with Gasteiger partial charge in [-0.3, -0.25) is 4.90 Å². The highest BCUT2D eigenvalue weighted by Gasteiger charge is 2.28. The first-order valence-electron chi connectivity index (χ1n) is 5.99. The first-order chi connectivity index (χ1) is 7.72. The summed E-state index contributed by atoms with van der Waals surface area (Å²) in [6.07, 6.45) is 3.83. The van der Waals surface area contributed by atoms with Crippen LogP contribution in [0.25, 0.3) is 0 Å². The molecule has 0 unspecified atom stereocenters. The van der Waals surface area contributed by atoms with Gasteiger partial charge in [0.05, 0.1) is 0 Å². The fourth-order valence-corrected chi connectivity index (χ4v) is 2.30. The lowest BCUT2D eigenvalue weighted by molar-refractivity contribution is 0.256. The third-order valence-electron chi connectivity index (χ3n) is 3.09. The number of hydrogen-bond acceptors (Lipinski definition) is 2. The van der Waals surface area contributed by atoms with E-state index in [1.54, 1.807) is 0 Å². The normalized spacial score (nSPS) is 15.7. The monoisotopic (exact) mass is 238 g/mol. The van der Waals surface area contributed by atoms with Crippen molar-refractivity contribution in [2.75, 3.05) is 12.3 Å². The Morgan fingerprint density at radius 1 is 1.44 bits per heavy atom. The highest BCUT2D eigenvalue weighted by Crippen LogP contribution is 2.31. The summed E-state index contributed by atoms with van der Waals surface area (Å²) in [6.45, 7) is 4.24. The van der Waals surface area contributed by atoms with Crippen LogP contribution in [0, 0.1) is 0 Å². The molecule has 1 aliphatic rings. The lowest BCUT2D eigenvalue weighted by atomic mass is 10.1. The summed E-state index contributed by atoms with van der Waals surface area (Å²) in [5.74, 6) is 0. The second-order valence-electron chi connectivity index (χ2n) is 4.51. The lowest BCUT2D eigenvalue weighted by Gasteiger charge is -2.22. The topological polar surface area (TPSA) is 29.3 Å². The van der Waals surface area contributed by atoms with Gasteiger partial charge in [0.2, 0.25) is 0 Å². The number of rotatable bonds is 5. The van der Waals surface area contributed by atoms with Crippen molar-refractivity contribution in [3.63, 3.8) is 0 Å². The molecule has 1 saturated carbocycles. The van der Waals surface area contributed by atoms with Crippen LogP contribution in [-0.4, -0.2) is 17.5 Å². The minimum absolute atomic E-state index is 0.760. The smallest absolute Gasteiger partial charge is 0.0471 e. The van der Waals surface area contributed by atoms with Crippen LogP contribution in [0.5, 0.6) is 0 Å². The molecule has 2 nitrogen and oxygen atoms in total. The first-order valence-corrected chi connectivity index (χ1v) is 6.37. The number of nitrogen functional groups attached to an aromatic ring is 1. The summed E-state index contributed by atoms with van der Waals surface area (Å²) in [7, 11) is 0. The fraction of sp³-hybridized carbons (Fsp3) is 0.538. The van der Waals surface area contributed by atoms with E-state index in [-0.39, 0.29) is 0 Å². The molecule has 0 aromatic heterocycles. The molecule has 0 heterocycles. The molecule has 0 atom stereocenters. The van der Waals surface area contributed by atoms with Crippen molar-refractivity contribution in [2.24, 2.45) is 0 Å². The molecule has 1 fully saturated rings. The van der Waals surface area contributed by atoms with E-state index < -0.39 is 0 Å². The Hall–Kier alpha value is -0.730. The number of nitrogens with two attached hydrogens (primary N) is 1. The van der Waals surface area contributed by atoms with Gasteiger partial charge >= 0.3 is 0 Å². The fourth-order valence-electron chi connectivity index (χ4n) is 2.06. The molecular weight excluding hydrogens is 220 g/mol. The van der Waals surface area contributed by atoms with Gasteiger partial charge in [0, 0.05) is 28.9 Å². The maximum Gasteiger partial charge on any atom is 0.0471 e. The molecular formula is C13H19ClN2. The van der Waals surface area contributed by atoms with Crippen LogP contribution in [0.15, 0.2) is 18.2 Å². The van der Waals surface area contributed by atoms with Crippen LogP contribution in [0.1, 0.15) is 31.7 Å². The number of hydrogen-bond donors (Lipinski definition) is 1. The maximum absolute atomic E-state index is 6.19. The van der Waals surface area contributed by atoms with Gasteiger partial charge in [-0.15, -0.1) is 0 Å². The standard InChI is InChI=1S/C13H19ClN2/c1-2-8-16(10-6-7-10)9-11-12(14)4-3-5-13(11)15/h3-5,10H,2,6-9,15H2,1H3. The largest absolute Gasteiger partial charge is 0.398 e. The van der Waals surface area contributed by atoms with E-state index in [1.807, 2.05) is 18.2 Å². The Kier molecular flexibility index (Phi) is 3.72. The molecule has 0 bridgehead atoms. The highest BCUT2D eigenvalue weighted by atomic mass is 35.5. The van der Waals surface area contributed by atoms with E-state index in [2.05, 4.69) is 11.8 Å². The summed E-state index contributed by atoms with van der Waals surface area (Å²) in [6, 6.07) is 6.51. The van der Waals surface area contributed by atoms with Crippen molar-refractivity contribution < 1.29 is 0 Å². The summed E-state index contributed by atoms with van der Waals surface area (Å²) >= 11 is 6.19. The number of benzene rings is 1. The maximum atomic E-state index is 6.19. The second kappa shape index (κ2) is 5.07. The van der Waals surface area contributed by atoms with Gasteiger partial charge in [-0.05, 0) is 37.9 Å². The second-order valence-corrected chi connectivity index (χ2v) is 4.92. The van der Waals surface area contributed by atoms with E-state index in [0.29, 0.717) is 0 Å². The van der Waals surface area contributed by atoms with Gasteiger partial charge in [0.15, 0.2) is 0 Å². The van der Waals surface area contributed by atoms with Crippen LogP contribution in [0.4, 0.5) is 5.69 Å². The molecule has 1 aromatic carbocycles. The highest BCUT2D eigenvalue weighted by molar-refractivity contribution is 6.31. The van der Waals surface area contributed by atoms with Crippen molar-refractivity contribution in [2.45, 2.75) is 38.8 Å². The molecule has 2 N–H and O–H groups in total. The van der Waals surface area contributed by atoms with Gasteiger partial charge in [0.25, 0.3) is 0 Å². The summed E-state index contributed by atoms with van der Waals surface area (Å²) in [5.41, 5.74) is 7.88. The Labute approximate surface area is 102 Å². The molecule has 2 rings (SSSR count). The molecule has 3 heteroatoms. The predicted octanol–water partition coefficient (Wildman–Crippen LogP) is 3.30. The molecule has 0 aliphatic heterocycles. The lowest BCUT2D eigenvalue weighted by Crippen LogP contribution is -2.26. The summed E-state index contributed by atoms with van der Waals surface area (Å²) < 4.78 is 0. The van der Waals surface area contributed by atoms with Crippen LogP contribution < -0.4 is 5.73 Å². The minimum atomic E-state index is 0.760. The minimum Gasteiger partial charge on any atom is -0.398 e. The quantitative estimate of drug-likeness (QED) is 0.798. The van der Waals surface area contributed by atoms with Gasteiger partial charge in [-0.1, -0.05) is 24.6 Å². The Bertz CT molecular complexity index is 341. The number of nitrogens with zero attached hydrogens (tertiary/aromatic N) is 1. The number of halogens is 1.